The summed E-state index contributed by atoms with van der Waals surface area (Å²) >= 11 is 1.03. The van der Waals surface area contributed by atoms with E-state index >= 15 is 0 Å². The maximum absolute atomic E-state index is 13.4. The number of benzene rings is 1. The Morgan fingerprint density at radius 1 is 0.958 bits per heavy atom. The molecule has 126 valence electrons. The lowest BCUT2D eigenvalue weighted by Crippen LogP contribution is -2.16. The van der Waals surface area contributed by atoms with Gasteiger partial charge in [-0.2, -0.15) is 0 Å². The Balaban J connectivity index is 2.24. The van der Waals surface area contributed by atoms with Gasteiger partial charge in [0.15, 0.2) is 16.8 Å². The third-order valence-electron chi connectivity index (χ3n) is 2.64. The minimum atomic E-state index is -1.18. The zero-order valence-corrected chi connectivity index (χ0v) is 13.4. The van der Waals surface area contributed by atoms with Gasteiger partial charge in [0.2, 0.25) is 11.8 Å². The van der Waals surface area contributed by atoms with Gasteiger partial charge in [-0.05, 0) is 0 Å². The second-order valence-electron chi connectivity index (χ2n) is 4.67. The van der Waals surface area contributed by atoms with Crippen LogP contribution in [0.4, 0.5) is 25.3 Å². The fourth-order valence-corrected chi connectivity index (χ4v) is 2.45. The van der Waals surface area contributed by atoms with Crippen LogP contribution >= 0.6 is 11.3 Å². The Bertz CT molecular complexity index is 822. The second kappa shape index (κ2) is 7.13. The number of halogens is 2. The van der Waals surface area contributed by atoms with Gasteiger partial charge in [-0.25, -0.2) is 13.8 Å². The normalized spacial score (nSPS) is 10.2. The summed E-state index contributed by atoms with van der Waals surface area (Å²) in [7, 11) is 0. The summed E-state index contributed by atoms with van der Waals surface area (Å²) in [6.07, 6.45) is 0. The van der Waals surface area contributed by atoms with Gasteiger partial charge >= 0.3 is 0 Å². The number of aromatic nitrogens is 1. The molecular weight excluding hydrogens is 342 g/mol. The summed E-state index contributed by atoms with van der Waals surface area (Å²) in [6, 6.07) is 1.51. The molecule has 3 N–H and O–H groups in total. The first-order valence-electron chi connectivity index (χ1n) is 6.57. The molecule has 0 spiro atoms. The third kappa shape index (κ3) is 4.32. The van der Waals surface area contributed by atoms with Crippen molar-refractivity contribution in [3.8, 4) is 0 Å². The molecule has 0 fully saturated rings. The number of amides is 3. The van der Waals surface area contributed by atoms with Crippen LogP contribution in [0.25, 0.3) is 0 Å². The number of nitrogens with one attached hydrogen (secondary N) is 3. The fraction of sp³-hybridized carbons (Fsp3) is 0.143. The molecule has 0 aliphatic carbocycles. The van der Waals surface area contributed by atoms with E-state index in [0.29, 0.717) is 0 Å². The number of hydrogen-bond donors (Lipinski definition) is 3. The number of carbonyl (C=O) groups excluding carboxylic acids is 3. The molecule has 0 saturated carbocycles. The molecule has 3 amide bonds. The molecule has 0 atom stereocenters. The van der Waals surface area contributed by atoms with E-state index in [4.69, 9.17) is 0 Å². The average molecular weight is 354 g/mol. The Labute approximate surface area is 139 Å². The summed E-state index contributed by atoms with van der Waals surface area (Å²) in [5.74, 6) is -3.92. The van der Waals surface area contributed by atoms with E-state index in [1.54, 1.807) is 0 Å². The molecule has 0 bridgehead atoms. The quantitative estimate of drug-likeness (QED) is 0.786. The van der Waals surface area contributed by atoms with Crippen molar-refractivity contribution < 1.29 is 23.2 Å². The summed E-state index contributed by atoms with van der Waals surface area (Å²) in [5.41, 5.74) is -0.238. The first-order chi connectivity index (χ1) is 11.3. The number of carbonyl (C=O) groups is 3. The molecule has 0 radical (unpaired) electrons. The monoisotopic (exact) mass is 354 g/mol. The van der Waals surface area contributed by atoms with Crippen LogP contribution in [0.15, 0.2) is 17.5 Å². The van der Waals surface area contributed by atoms with Gasteiger partial charge in [0, 0.05) is 31.4 Å². The summed E-state index contributed by atoms with van der Waals surface area (Å²) in [4.78, 5) is 38.1. The van der Waals surface area contributed by atoms with Crippen LogP contribution in [0, 0.1) is 11.6 Å². The highest BCUT2D eigenvalue weighted by molar-refractivity contribution is 7.14. The number of thiazole rings is 1. The van der Waals surface area contributed by atoms with Gasteiger partial charge in [0.05, 0.1) is 11.4 Å². The maximum atomic E-state index is 13.4. The summed E-state index contributed by atoms with van der Waals surface area (Å²) in [5, 5.41) is 8.66. The van der Waals surface area contributed by atoms with Crippen molar-refractivity contribution in [1.82, 2.24) is 4.98 Å². The molecule has 1 aromatic carbocycles. The number of rotatable bonds is 4. The van der Waals surface area contributed by atoms with Gasteiger partial charge in [-0.15, -0.1) is 11.3 Å². The first-order valence-corrected chi connectivity index (χ1v) is 7.45. The van der Waals surface area contributed by atoms with Crippen LogP contribution in [0.3, 0.4) is 0 Å². The molecule has 7 nitrogen and oxygen atoms in total. The standard InChI is InChI=1S/C14H12F2N4O3S/c1-6(21)17-10-3-8(15)9(16)4-11(10)19-13(23)12-5-24-14(20-12)18-7(2)22/h3-5H,1-2H3,(H,17,21)(H,19,23)(H,18,20,22). The Hall–Kier alpha value is -2.88. The van der Waals surface area contributed by atoms with Crippen molar-refractivity contribution in [2.75, 3.05) is 16.0 Å². The molecule has 0 saturated heterocycles. The number of hydrogen-bond acceptors (Lipinski definition) is 5. The Morgan fingerprint density at radius 2 is 1.50 bits per heavy atom. The van der Waals surface area contributed by atoms with E-state index in [2.05, 4.69) is 20.9 Å². The van der Waals surface area contributed by atoms with Gasteiger partial charge < -0.3 is 16.0 Å². The Morgan fingerprint density at radius 3 is 2.04 bits per heavy atom. The lowest BCUT2D eigenvalue weighted by molar-refractivity contribution is -0.115. The number of nitrogens with zero attached hydrogens (tertiary/aromatic N) is 1. The minimum absolute atomic E-state index is 0.0257. The van der Waals surface area contributed by atoms with Crippen molar-refractivity contribution >= 4 is 45.6 Å². The van der Waals surface area contributed by atoms with Crippen molar-refractivity contribution in [3.05, 3.63) is 34.8 Å². The van der Waals surface area contributed by atoms with Gasteiger partial charge in [0.25, 0.3) is 5.91 Å². The largest absolute Gasteiger partial charge is 0.324 e. The molecule has 1 aromatic heterocycles. The molecule has 2 aromatic rings. The Kier molecular flexibility index (Phi) is 5.19. The highest BCUT2D eigenvalue weighted by Gasteiger charge is 2.16. The molecule has 2 rings (SSSR count). The van der Waals surface area contributed by atoms with Gasteiger partial charge in [-0.1, -0.05) is 0 Å². The topological polar surface area (TPSA) is 100 Å². The zero-order valence-electron chi connectivity index (χ0n) is 12.6. The van der Waals surface area contributed by atoms with Crippen LogP contribution in [-0.4, -0.2) is 22.7 Å². The van der Waals surface area contributed by atoms with E-state index < -0.39 is 23.4 Å². The molecule has 24 heavy (non-hydrogen) atoms. The highest BCUT2D eigenvalue weighted by Crippen LogP contribution is 2.26. The minimum Gasteiger partial charge on any atom is -0.324 e. The van der Waals surface area contributed by atoms with E-state index in [0.717, 1.165) is 23.5 Å². The first kappa shape index (κ1) is 17.5. The summed E-state index contributed by atoms with van der Waals surface area (Å²) < 4.78 is 26.7. The van der Waals surface area contributed by atoms with Crippen molar-refractivity contribution in [2.24, 2.45) is 0 Å². The van der Waals surface area contributed by atoms with Crippen LogP contribution in [0.2, 0.25) is 0 Å². The average Bonchev–Trinajstić information content (AvgIpc) is 2.91. The van der Waals surface area contributed by atoms with E-state index in [9.17, 15) is 23.2 Å². The van der Waals surface area contributed by atoms with E-state index in [1.165, 1.54) is 19.2 Å². The predicted octanol–water partition coefficient (Wildman–Crippen LogP) is 2.59. The highest BCUT2D eigenvalue weighted by atomic mass is 32.1. The van der Waals surface area contributed by atoms with Crippen molar-refractivity contribution in [3.63, 3.8) is 0 Å². The molecule has 0 aliphatic rings. The van der Waals surface area contributed by atoms with Crippen LogP contribution < -0.4 is 16.0 Å². The van der Waals surface area contributed by atoms with Gasteiger partial charge in [0.1, 0.15) is 5.69 Å². The maximum Gasteiger partial charge on any atom is 0.275 e. The molecule has 0 aliphatic heterocycles. The lowest BCUT2D eigenvalue weighted by Gasteiger charge is -2.11. The summed E-state index contributed by atoms with van der Waals surface area (Å²) in [6.45, 7) is 2.48. The van der Waals surface area contributed by atoms with Gasteiger partial charge in [-0.3, -0.25) is 14.4 Å². The third-order valence-corrected chi connectivity index (χ3v) is 3.40. The van der Waals surface area contributed by atoms with Crippen molar-refractivity contribution in [1.29, 1.82) is 0 Å². The van der Waals surface area contributed by atoms with Crippen molar-refractivity contribution in [2.45, 2.75) is 13.8 Å². The smallest absolute Gasteiger partial charge is 0.275 e. The zero-order chi connectivity index (χ0) is 17.9. The predicted molar refractivity (Wildman–Crippen MR) is 85.0 cm³/mol. The second-order valence-corrected chi connectivity index (χ2v) is 5.52. The molecular formula is C14H12F2N4O3S. The SMILES string of the molecule is CC(=O)Nc1nc(C(=O)Nc2cc(F)c(F)cc2NC(C)=O)cs1. The molecule has 10 heteroatoms. The lowest BCUT2D eigenvalue weighted by atomic mass is 10.2. The van der Waals surface area contributed by atoms with Crippen LogP contribution in [0.1, 0.15) is 24.3 Å². The number of anilines is 3. The molecule has 0 unspecified atom stereocenters. The van der Waals surface area contributed by atoms with E-state index in [-0.39, 0.29) is 28.1 Å². The van der Waals surface area contributed by atoms with Crippen LogP contribution in [-0.2, 0) is 9.59 Å². The van der Waals surface area contributed by atoms with Crippen LogP contribution in [0.5, 0.6) is 0 Å². The van der Waals surface area contributed by atoms with E-state index in [1.807, 2.05) is 0 Å². The fourth-order valence-electron chi connectivity index (χ4n) is 1.72. The molecule has 1 heterocycles.